The Bertz CT molecular complexity index is 4110. The molecule has 0 saturated heterocycles. The van der Waals surface area contributed by atoms with Crippen molar-refractivity contribution in [2.24, 2.45) is 0 Å². The Morgan fingerprint density at radius 2 is 0.714 bits per heavy atom. The van der Waals surface area contributed by atoms with Gasteiger partial charge in [-0.25, -0.2) is 15.0 Å². The molecule has 13 aromatic rings. The predicted molar refractivity (Wildman–Crippen MR) is 286 cm³/mol. The molecule has 70 heavy (non-hydrogen) atoms. The van der Waals surface area contributed by atoms with E-state index >= 15 is 0 Å². The van der Waals surface area contributed by atoms with Crippen molar-refractivity contribution in [2.75, 3.05) is 0 Å². The van der Waals surface area contributed by atoms with Gasteiger partial charge < -0.3 is 9.13 Å². The van der Waals surface area contributed by atoms with E-state index in [2.05, 4.69) is 179 Å². The third kappa shape index (κ3) is 6.84. The van der Waals surface area contributed by atoms with E-state index in [-0.39, 0.29) is 0 Å². The average molecular weight is 893 g/mol. The van der Waals surface area contributed by atoms with Gasteiger partial charge in [0.15, 0.2) is 17.5 Å². The number of hydrogen-bond acceptors (Lipinski definition) is 4. The molecule has 3 heterocycles. The van der Waals surface area contributed by atoms with Crippen LogP contribution in [0.3, 0.4) is 0 Å². The first-order valence-electron chi connectivity index (χ1n) is 23.4. The lowest BCUT2D eigenvalue weighted by Crippen LogP contribution is -2.05. The van der Waals surface area contributed by atoms with E-state index in [1.807, 2.05) is 78.9 Å². The molecular weight excluding hydrogens is 853 g/mol. The van der Waals surface area contributed by atoms with Crippen LogP contribution in [-0.2, 0) is 0 Å². The van der Waals surface area contributed by atoms with Crippen molar-refractivity contribution in [2.45, 2.75) is 0 Å². The van der Waals surface area contributed by atoms with E-state index < -0.39 is 0 Å². The number of fused-ring (bicyclic) bond motifs is 6. The quantitative estimate of drug-likeness (QED) is 0.152. The third-order valence-electron chi connectivity index (χ3n) is 13.4. The second-order valence-electron chi connectivity index (χ2n) is 17.5. The van der Waals surface area contributed by atoms with Gasteiger partial charge in [0, 0.05) is 49.4 Å². The zero-order chi connectivity index (χ0) is 46.5. The lowest BCUT2D eigenvalue weighted by molar-refractivity contribution is 1.07. The summed E-state index contributed by atoms with van der Waals surface area (Å²) in [4.78, 5) is 15.4. The molecule has 326 valence electrons. The maximum atomic E-state index is 11.3. The van der Waals surface area contributed by atoms with E-state index in [1.54, 1.807) is 0 Å². The fourth-order valence-electron chi connectivity index (χ4n) is 10.2. The Morgan fingerprint density at radius 1 is 0.300 bits per heavy atom. The molecule has 10 aromatic carbocycles. The molecule has 0 amide bonds. The zero-order valence-electron chi connectivity index (χ0n) is 37.8. The monoisotopic (exact) mass is 892 g/mol. The molecule has 0 radical (unpaired) electrons. The van der Waals surface area contributed by atoms with Crippen LogP contribution in [0.2, 0.25) is 0 Å². The first-order valence-corrected chi connectivity index (χ1v) is 23.4. The van der Waals surface area contributed by atoms with Crippen molar-refractivity contribution in [3.63, 3.8) is 0 Å². The minimum absolute atomic E-state index is 0.525. The zero-order valence-corrected chi connectivity index (χ0v) is 37.8. The van der Waals surface area contributed by atoms with Crippen LogP contribution in [0.4, 0.5) is 0 Å². The summed E-state index contributed by atoms with van der Waals surface area (Å²) in [6, 6.07) is 86.9. The van der Waals surface area contributed by atoms with Crippen LogP contribution >= 0.6 is 0 Å². The Balaban J connectivity index is 1.12. The molecule has 0 atom stereocenters. The largest absolute Gasteiger partial charge is 0.309 e. The molecule has 6 nitrogen and oxygen atoms in total. The number of benzene rings is 10. The Hall–Kier alpha value is -9.70. The minimum atomic E-state index is 0.525. The third-order valence-corrected chi connectivity index (χ3v) is 13.4. The van der Waals surface area contributed by atoms with Gasteiger partial charge in [-0.15, -0.1) is 0 Å². The van der Waals surface area contributed by atoms with Gasteiger partial charge in [0.2, 0.25) is 0 Å². The second-order valence-corrected chi connectivity index (χ2v) is 17.5. The fraction of sp³-hybridized carbons (Fsp3) is 0. The fourth-order valence-corrected chi connectivity index (χ4v) is 10.2. The number of rotatable bonds is 8. The van der Waals surface area contributed by atoms with Gasteiger partial charge in [0.05, 0.1) is 45.1 Å². The lowest BCUT2D eigenvalue weighted by atomic mass is 9.94. The summed E-state index contributed by atoms with van der Waals surface area (Å²) < 4.78 is 4.68. The molecule has 0 fully saturated rings. The highest BCUT2D eigenvalue weighted by Crippen LogP contribution is 2.44. The number of nitrogens with zero attached hydrogens (tertiary/aromatic N) is 6. The SMILES string of the molecule is N#Cc1cccc(-n2c3ccccc3c3cc(-c4ccccc4)ccc32)c1-c1cc(-c2nc(-c3ccccc3)nc(-c3ccccc3)n2)ccc1-n1c2ccccc2c2cc(-c3ccccc3)ccc21. The molecular formula is C64H40N6. The maximum absolute atomic E-state index is 11.3. The molecule has 0 spiro atoms. The van der Waals surface area contributed by atoms with Crippen molar-refractivity contribution in [1.29, 1.82) is 5.26 Å². The molecule has 3 aromatic heterocycles. The normalized spacial score (nSPS) is 11.4. The predicted octanol–water partition coefficient (Wildman–Crippen LogP) is 15.9. The Labute approximate surface area is 404 Å². The van der Waals surface area contributed by atoms with E-state index in [0.717, 1.165) is 105 Å². The van der Waals surface area contributed by atoms with E-state index in [4.69, 9.17) is 15.0 Å². The highest BCUT2D eigenvalue weighted by atomic mass is 15.0. The maximum Gasteiger partial charge on any atom is 0.164 e. The van der Waals surface area contributed by atoms with Crippen molar-refractivity contribution >= 4 is 43.6 Å². The van der Waals surface area contributed by atoms with E-state index in [9.17, 15) is 5.26 Å². The number of hydrogen-bond donors (Lipinski definition) is 0. The number of nitriles is 1. The summed E-state index contributed by atoms with van der Waals surface area (Å²) in [5.74, 6) is 1.67. The summed E-state index contributed by atoms with van der Waals surface area (Å²) in [6.45, 7) is 0. The molecule has 13 rings (SSSR count). The average Bonchev–Trinajstić information content (AvgIpc) is 3.95. The highest BCUT2D eigenvalue weighted by molar-refractivity contribution is 6.13. The summed E-state index contributed by atoms with van der Waals surface area (Å²) in [6.07, 6.45) is 0. The van der Waals surface area contributed by atoms with Crippen molar-refractivity contribution < 1.29 is 0 Å². The lowest BCUT2D eigenvalue weighted by Gasteiger charge is -2.20. The van der Waals surface area contributed by atoms with Gasteiger partial charge >= 0.3 is 0 Å². The Morgan fingerprint density at radius 3 is 1.21 bits per heavy atom. The molecule has 0 unspecified atom stereocenters. The smallest absolute Gasteiger partial charge is 0.164 e. The standard InChI is InChI=1S/C64H40N6/c65-41-49-26-17-31-60(70-56-30-16-14-28-51(56)53-39-47(33-36-58(53)70)43-20-7-2-8-21-43)61(49)54-40-48(64-67-62(44-22-9-3-10-23-44)66-63(68-64)45-24-11-4-12-25-45)34-37-59(54)69-55-29-15-13-27-50(55)52-38-46(32-35-57(52)69)42-18-5-1-6-19-42/h1-40H. The van der Waals surface area contributed by atoms with Crippen molar-refractivity contribution in [3.05, 3.63) is 248 Å². The summed E-state index contributed by atoms with van der Waals surface area (Å²) in [7, 11) is 0. The van der Waals surface area contributed by atoms with Crippen LogP contribution in [-0.4, -0.2) is 24.1 Å². The van der Waals surface area contributed by atoms with Crippen molar-refractivity contribution in [1.82, 2.24) is 24.1 Å². The molecule has 0 N–H and O–H groups in total. The van der Waals surface area contributed by atoms with Crippen LogP contribution in [0.25, 0.3) is 123 Å². The molecule has 6 heteroatoms. The topological polar surface area (TPSA) is 72.3 Å². The van der Waals surface area contributed by atoms with Crippen molar-refractivity contribution in [3.8, 4) is 85.0 Å². The van der Waals surface area contributed by atoms with Crippen LogP contribution in [0, 0.1) is 11.3 Å². The number of para-hydroxylation sites is 2. The molecule has 0 aliphatic rings. The molecule has 0 aliphatic heterocycles. The van der Waals surface area contributed by atoms with E-state index in [0.29, 0.717) is 23.0 Å². The summed E-state index contributed by atoms with van der Waals surface area (Å²) in [5.41, 5.74) is 15.3. The van der Waals surface area contributed by atoms with Gasteiger partial charge in [-0.2, -0.15) is 5.26 Å². The molecule has 0 aliphatic carbocycles. The first kappa shape index (κ1) is 40.6. The van der Waals surface area contributed by atoms with E-state index in [1.165, 1.54) is 0 Å². The van der Waals surface area contributed by atoms with Crippen LogP contribution in [0.1, 0.15) is 5.56 Å². The van der Waals surface area contributed by atoms with Gasteiger partial charge in [0.1, 0.15) is 0 Å². The van der Waals surface area contributed by atoms with Crippen LogP contribution in [0.15, 0.2) is 243 Å². The highest BCUT2D eigenvalue weighted by Gasteiger charge is 2.25. The van der Waals surface area contributed by atoms with Gasteiger partial charge in [-0.1, -0.05) is 176 Å². The summed E-state index contributed by atoms with van der Waals surface area (Å²) in [5, 5.41) is 15.8. The van der Waals surface area contributed by atoms with Crippen LogP contribution in [0.5, 0.6) is 0 Å². The van der Waals surface area contributed by atoms with Gasteiger partial charge in [0.25, 0.3) is 0 Å². The second kappa shape index (κ2) is 16.9. The van der Waals surface area contributed by atoms with Gasteiger partial charge in [-0.3, -0.25) is 0 Å². The van der Waals surface area contributed by atoms with Gasteiger partial charge in [-0.05, 0) is 89.0 Å². The first-order chi connectivity index (χ1) is 34.7. The summed E-state index contributed by atoms with van der Waals surface area (Å²) >= 11 is 0. The minimum Gasteiger partial charge on any atom is -0.309 e. The molecule has 0 saturated carbocycles. The van der Waals surface area contributed by atoms with Crippen LogP contribution < -0.4 is 0 Å². The number of aromatic nitrogens is 5. The Kier molecular flexibility index (Phi) is 9.78. The molecule has 0 bridgehead atoms.